The van der Waals surface area contributed by atoms with Crippen LogP contribution in [0.2, 0.25) is 0 Å². The van der Waals surface area contributed by atoms with E-state index in [4.69, 9.17) is 14.9 Å². The van der Waals surface area contributed by atoms with Crippen LogP contribution in [0, 0.1) is 6.92 Å². The van der Waals surface area contributed by atoms with Crippen molar-refractivity contribution in [3.63, 3.8) is 0 Å². The summed E-state index contributed by atoms with van der Waals surface area (Å²) >= 11 is 0. The van der Waals surface area contributed by atoms with Crippen LogP contribution in [0.1, 0.15) is 49.3 Å². The molecule has 0 radical (unpaired) electrons. The number of fused-ring (bicyclic) bond motifs is 4. The fourth-order valence-corrected chi connectivity index (χ4v) is 4.97. The van der Waals surface area contributed by atoms with Crippen molar-refractivity contribution in [1.82, 2.24) is 34.7 Å². The predicted molar refractivity (Wildman–Crippen MR) is 129 cm³/mol. The van der Waals surface area contributed by atoms with E-state index < -0.39 is 0 Å². The molecule has 1 aliphatic rings. The molecule has 0 saturated heterocycles. The molecule has 0 spiro atoms. The van der Waals surface area contributed by atoms with Gasteiger partial charge in [0.1, 0.15) is 6.10 Å². The maximum Gasteiger partial charge on any atom is 0.219 e. The van der Waals surface area contributed by atoms with Gasteiger partial charge in [-0.2, -0.15) is 15.3 Å². The van der Waals surface area contributed by atoms with E-state index in [0.717, 1.165) is 65.4 Å². The SMILES string of the molecule is CCN1Cc2nn(C)c(C)c2CC(C)c2n[nH]c3ccc(cc23)-c2cnn(C)c2O[C@@H](C)C1. The van der Waals surface area contributed by atoms with Gasteiger partial charge < -0.3 is 4.74 Å². The summed E-state index contributed by atoms with van der Waals surface area (Å²) < 4.78 is 10.3. The fourth-order valence-electron chi connectivity index (χ4n) is 4.97. The molecule has 8 heteroatoms. The second-order valence-corrected chi connectivity index (χ2v) is 9.35. The molecule has 4 heterocycles. The van der Waals surface area contributed by atoms with Gasteiger partial charge in [-0.25, -0.2) is 4.68 Å². The molecule has 2 atom stereocenters. The molecule has 174 valence electrons. The van der Waals surface area contributed by atoms with E-state index in [1.807, 2.05) is 29.7 Å². The Hall–Kier alpha value is -3.13. The highest BCUT2D eigenvalue weighted by atomic mass is 16.5. The van der Waals surface area contributed by atoms with Gasteiger partial charge in [0.2, 0.25) is 5.88 Å². The van der Waals surface area contributed by atoms with Crippen molar-refractivity contribution in [3.05, 3.63) is 47.0 Å². The van der Waals surface area contributed by atoms with Crippen LogP contribution in [-0.4, -0.2) is 53.9 Å². The highest BCUT2D eigenvalue weighted by molar-refractivity contribution is 5.87. The van der Waals surface area contributed by atoms with Gasteiger partial charge in [0.15, 0.2) is 0 Å². The average molecular weight is 448 g/mol. The number of ether oxygens (including phenoxy) is 1. The molecular formula is C25H33N7O. The number of aromatic amines is 1. The number of aromatic nitrogens is 6. The molecule has 0 amide bonds. The van der Waals surface area contributed by atoms with E-state index in [-0.39, 0.29) is 12.0 Å². The summed E-state index contributed by atoms with van der Waals surface area (Å²) in [6, 6.07) is 6.43. The van der Waals surface area contributed by atoms with E-state index in [1.165, 1.54) is 11.3 Å². The summed E-state index contributed by atoms with van der Waals surface area (Å²) in [5.41, 5.74) is 7.92. The first-order valence-corrected chi connectivity index (χ1v) is 11.8. The Morgan fingerprint density at radius 3 is 2.79 bits per heavy atom. The average Bonchev–Trinajstić information content (AvgIpc) is 3.45. The van der Waals surface area contributed by atoms with Crippen LogP contribution in [0.5, 0.6) is 5.88 Å². The fraction of sp³-hybridized carbons (Fsp3) is 0.480. The minimum atomic E-state index is 0.00429. The third kappa shape index (κ3) is 3.82. The van der Waals surface area contributed by atoms with Gasteiger partial charge in [-0.05, 0) is 50.1 Å². The van der Waals surface area contributed by atoms with Crippen molar-refractivity contribution in [2.75, 3.05) is 13.1 Å². The van der Waals surface area contributed by atoms with Gasteiger partial charge in [0.05, 0.1) is 28.7 Å². The molecule has 0 fully saturated rings. The Morgan fingerprint density at radius 1 is 1.18 bits per heavy atom. The smallest absolute Gasteiger partial charge is 0.219 e. The molecule has 0 aliphatic carbocycles. The van der Waals surface area contributed by atoms with Crippen molar-refractivity contribution in [1.29, 1.82) is 0 Å². The van der Waals surface area contributed by atoms with Gasteiger partial charge in [0.25, 0.3) is 0 Å². The van der Waals surface area contributed by atoms with Crippen LogP contribution in [0.4, 0.5) is 0 Å². The number of aryl methyl sites for hydroxylation is 2. The van der Waals surface area contributed by atoms with Crippen LogP contribution in [-0.2, 0) is 27.1 Å². The molecule has 5 rings (SSSR count). The molecule has 1 N–H and O–H groups in total. The number of likely N-dealkylation sites (N-methyl/N-ethyl adjacent to an activating group) is 1. The van der Waals surface area contributed by atoms with Crippen molar-refractivity contribution in [2.24, 2.45) is 14.1 Å². The quantitative estimate of drug-likeness (QED) is 0.478. The lowest BCUT2D eigenvalue weighted by Crippen LogP contribution is -2.34. The Kier molecular flexibility index (Phi) is 5.48. The van der Waals surface area contributed by atoms with Crippen molar-refractivity contribution < 1.29 is 4.74 Å². The maximum atomic E-state index is 6.47. The van der Waals surface area contributed by atoms with Crippen molar-refractivity contribution in [3.8, 4) is 17.0 Å². The zero-order valence-corrected chi connectivity index (χ0v) is 20.4. The van der Waals surface area contributed by atoms with Gasteiger partial charge in [-0.3, -0.25) is 14.7 Å². The lowest BCUT2D eigenvalue weighted by molar-refractivity contribution is 0.135. The molecule has 8 nitrogen and oxygen atoms in total. The molecule has 1 aromatic carbocycles. The summed E-state index contributed by atoms with van der Waals surface area (Å²) in [4.78, 5) is 2.41. The summed E-state index contributed by atoms with van der Waals surface area (Å²) in [6.45, 7) is 11.3. The summed E-state index contributed by atoms with van der Waals surface area (Å²) in [6.07, 6.45) is 2.80. The van der Waals surface area contributed by atoms with Crippen LogP contribution < -0.4 is 4.74 Å². The molecule has 2 bridgehead atoms. The zero-order chi connectivity index (χ0) is 23.3. The summed E-state index contributed by atoms with van der Waals surface area (Å²) in [7, 11) is 3.97. The molecule has 3 aromatic heterocycles. The maximum absolute atomic E-state index is 6.47. The number of hydrogen-bond acceptors (Lipinski definition) is 5. The van der Waals surface area contributed by atoms with Crippen LogP contribution in [0.25, 0.3) is 22.0 Å². The lowest BCUT2D eigenvalue weighted by atomic mass is 9.93. The Bertz CT molecular complexity index is 1300. The number of nitrogens with one attached hydrogen (secondary N) is 1. The molecule has 4 aromatic rings. The van der Waals surface area contributed by atoms with Gasteiger partial charge in [-0.15, -0.1) is 0 Å². The van der Waals surface area contributed by atoms with Crippen LogP contribution >= 0.6 is 0 Å². The van der Waals surface area contributed by atoms with Gasteiger partial charge >= 0.3 is 0 Å². The highest BCUT2D eigenvalue weighted by Gasteiger charge is 2.24. The van der Waals surface area contributed by atoms with E-state index in [1.54, 1.807) is 0 Å². The lowest BCUT2D eigenvalue weighted by Gasteiger charge is -2.25. The largest absolute Gasteiger partial charge is 0.473 e. The normalized spacial score (nSPS) is 19.7. The predicted octanol–water partition coefficient (Wildman–Crippen LogP) is 3.95. The first-order valence-electron chi connectivity index (χ1n) is 11.8. The topological polar surface area (TPSA) is 76.8 Å². The van der Waals surface area contributed by atoms with Crippen molar-refractivity contribution >= 4 is 10.9 Å². The standard InChI is InChI=1S/C25H33N7O/c1-7-32-13-16(3)33-25-21(12-26-31(25)6)18-8-9-22-20(11-18)24(28-27-22)15(2)10-19-17(4)30(5)29-23(19)14-32/h8-9,11-12,15-16H,7,10,13-14H2,1-6H3,(H,27,28)/t15?,16-/m0/s1. The monoisotopic (exact) mass is 447 g/mol. The number of H-pyrrole nitrogens is 1. The summed E-state index contributed by atoms with van der Waals surface area (Å²) in [5, 5.41) is 18.5. The van der Waals surface area contributed by atoms with Gasteiger partial charge in [0, 0.05) is 44.2 Å². The third-order valence-corrected chi connectivity index (χ3v) is 6.95. The number of rotatable bonds is 1. The Labute approximate surface area is 194 Å². The number of benzene rings is 1. The van der Waals surface area contributed by atoms with Crippen molar-refractivity contribution in [2.45, 2.75) is 52.7 Å². The first kappa shape index (κ1) is 21.7. The second-order valence-electron chi connectivity index (χ2n) is 9.35. The summed E-state index contributed by atoms with van der Waals surface area (Å²) in [5.74, 6) is 1.04. The van der Waals surface area contributed by atoms with Crippen LogP contribution in [0.15, 0.2) is 24.4 Å². The third-order valence-electron chi connectivity index (χ3n) is 6.95. The van der Waals surface area contributed by atoms with E-state index in [0.29, 0.717) is 0 Å². The molecule has 33 heavy (non-hydrogen) atoms. The Balaban J connectivity index is 1.67. The second kappa shape index (κ2) is 8.33. The Morgan fingerprint density at radius 2 is 2.00 bits per heavy atom. The van der Waals surface area contributed by atoms with E-state index in [2.05, 4.69) is 61.0 Å². The first-order chi connectivity index (χ1) is 15.9. The number of hydrogen-bond donors (Lipinski definition) is 1. The van der Waals surface area contributed by atoms with Gasteiger partial charge in [-0.1, -0.05) is 19.9 Å². The molecule has 1 unspecified atom stereocenters. The zero-order valence-electron chi connectivity index (χ0n) is 20.4. The highest BCUT2D eigenvalue weighted by Crippen LogP contribution is 2.35. The van der Waals surface area contributed by atoms with Crippen LogP contribution in [0.3, 0.4) is 0 Å². The molecule has 1 aliphatic heterocycles. The van der Waals surface area contributed by atoms with E-state index in [9.17, 15) is 0 Å². The molecule has 0 saturated carbocycles. The number of nitrogens with zero attached hydrogens (tertiary/aromatic N) is 6. The van der Waals surface area contributed by atoms with E-state index >= 15 is 0 Å². The minimum absolute atomic E-state index is 0.00429. The molecular weight excluding hydrogens is 414 g/mol. The minimum Gasteiger partial charge on any atom is -0.473 e.